The van der Waals surface area contributed by atoms with Gasteiger partial charge in [0.05, 0.1) is 16.3 Å². The van der Waals surface area contributed by atoms with Crippen LogP contribution in [0.1, 0.15) is 34.6 Å². The van der Waals surface area contributed by atoms with E-state index in [2.05, 4.69) is 39.7 Å². The molecule has 1 fully saturated rings. The molecule has 3 N–H and O–H groups in total. The number of nitrogens with one attached hydrogen (secondary N) is 3. The normalized spacial score (nSPS) is 17.8. The molecule has 0 radical (unpaired) electrons. The Morgan fingerprint density at radius 2 is 1.62 bits per heavy atom. The molecule has 3 aromatic rings. The molecule has 2 atom stereocenters. The highest BCUT2D eigenvalue weighted by Gasteiger charge is 2.22. The molecule has 2 amide bonds. The number of anilines is 3. The molecule has 1 aromatic heterocycles. The third-order valence-electron chi connectivity index (χ3n) is 5.47. The average Bonchev–Trinajstić information content (AvgIpc) is 2.81. The molecule has 7 nitrogen and oxygen atoms in total. The number of rotatable bonds is 5. The summed E-state index contributed by atoms with van der Waals surface area (Å²) in [5.41, 5.74) is 1.47. The van der Waals surface area contributed by atoms with Crippen molar-refractivity contribution in [1.82, 2.24) is 10.3 Å². The Bertz CT molecular complexity index is 1180. The first-order valence-electron chi connectivity index (χ1n) is 10.9. The fraction of sp³-hybridized carbons (Fsp3) is 0.240. The lowest BCUT2D eigenvalue weighted by atomic mass is 10.1. The summed E-state index contributed by atoms with van der Waals surface area (Å²) in [7, 11) is 0. The summed E-state index contributed by atoms with van der Waals surface area (Å²) in [5.74, 6) is -0.381. The number of pyridine rings is 1. The maximum Gasteiger partial charge on any atom is 0.257 e. The van der Waals surface area contributed by atoms with Crippen LogP contribution in [-0.4, -0.2) is 42.0 Å². The summed E-state index contributed by atoms with van der Waals surface area (Å²) in [4.78, 5) is 31.9. The van der Waals surface area contributed by atoms with Crippen molar-refractivity contribution in [3.63, 3.8) is 0 Å². The van der Waals surface area contributed by atoms with Gasteiger partial charge in [0.15, 0.2) is 0 Å². The van der Waals surface area contributed by atoms with Crippen LogP contribution in [0.4, 0.5) is 21.6 Å². The molecular weight excluding hydrogens is 457 g/mol. The van der Waals surface area contributed by atoms with Gasteiger partial charge < -0.3 is 20.9 Å². The highest BCUT2D eigenvalue weighted by Crippen LogP contribution is 2.26. The summed E-state index contributed by atoms with van der Waals surface area (Å²) in [5, 5.41) is 9.27. The number of halogens is 2. The van der Waals surface area contributed by atoms with Crippen LogP contribution in [0.3, 0.4) is 0 Å². The molecule has 1 aliphatic heterocycles. The molecule has 9 heteroatoms. The lowest BCUT2D eigenvalue weighted by molar-refractivity contribution is 0.101. The first-order valence-corrected chi connectivity index (χ1v) is 11.3. The van der Waals surface area contributed by atoms with Crippen molar-refractivity contribution < 1.29 is 14.0 Å². The van der Waals surface area contributed by atoms with Crippen LogP contribution in [-0.2, 0) is 0 Å². The van der Waals surface area contributed by atoms with E-state index < -0.39 is 11.7 Å². The molecule has 1 aliphatic rings. The molecule has 2 aromatic carbocycles. The molecule has 0 aliphatic carbocycles. The third-order valence-corrected chi connectivity index (χ3v) is 5.80. The van der Waals surface area contributed by atoms with Gasteiger partial charge in [-0.2, -0.15) is 0 Å². The second-order valence-electron chi connectivity index (χ2n) is 8.39. The molecule has 2 unspecified atom stereocenters. The molecular formula is C25H25ClFN5O2. The van der Waals surface area contributed by atoms with E-state index in [1.165, 1.54) is 24.3 Å². The van der Waals surface area contributed by atoms with Crippen LogP contribution >= 0.6 is 11.6 Å². The van der Waals surface area contributed by atoms with Crippen molar-refractivity contribution in [1.29, 1.82) is 0 Å². The van der Waals surface area contributed by atoms with E-state index in [1.54, 1.807) is 30.5 Å². The largest absolute Gasteiger partial charge is 0.354 e. The van der Waals surface area contributed by atoms with E-state index >= 15 is 0 Å². The number of carbonyl (C=O) groups excluding carboxylic acids is 2. The standard InChI is InChI=1S/C25H25ClFN5O2/c1-15-13-32(14-16(2)29-15)23-10-5-18(12-28-23)25(34)30-20-8-9-21(26)22(11-20)31-24(33)17-3-6-19(27)7-4-17/h3-12,15-16,29H,13-14H2,1-2H3,(H,30,34)(H,31,33). The smallest absolute Gasteiger partial charge is 0.257 e. The topological polar surface area (TPSA) is 86.4 Å². The summed E-state index contributed by atoms with van der Waals surface area (Å²) in [6.07, 6.45) is 1.55. The van der Waals surface area contributed by atoms with Crippen LogP contribution in [0.25, 0.3) is 0 Å². The molecule has 0 spiro atoms. The maximum absolute atomic E-state index is 13.1. The van der Waals surface area contributed by atoms with Gasteiger partial charge in [-0.15, -0.1) is 0 Å². The van der Waals surface area contributed by atoms with Gasteiger partial charge in [-0.25, -0.2) is 9.37 Å². The Kier molecular flexibility index (Phi) is 7.09. The maximum atomic E-state index is 13.1. The zero-order valence-electron chi connectivity index (χ0n) is 18.8. The fourth-order valence-corrected chi connectivity index (χ4v) is 4.08. The Balaban J connectivity index is 1.43. The zero-order valence-corrected chi connectivity index (χ0v) is 19.6. The number of aromatic nitrogens is 1. The quantitative estimate of drug-likeness (QED) is 0.497. The van der Waals surface area contributed by atoms with E-state index in [-0.39, 0.29) is 11.5 Å². The van der Waals surface area contributed by atoms with Gasteiger partial charge in [-0.3, -0.25) is 9.59 Å². The molecule has 0 bridgehead atoms. The number of hydrogen-bond acceptors (Lipinski definition) is 5. The van der Waals surface area contributed by atoms with Gasteiger partial charge in [0.2, 0.25) is 0 Å². The Hall–Kier alpha value is -3.49. The first-order chi connectivity index (χ1) is 16.3. The van der Waals surface area contributed by atoms with Gasteiger partial charge in [-0.05, 0) is 68.4 Å². The van der Waals surface area contributed by atoms with Crippen molar-refractivity contribution in [2.75, 3.05) is 28.6 Å². The highest BCUT2D eigenvalue weighted by atomic mass is 35.5. The van der Waals surface area contributed by atoms with E-state index in [0.717, 1.165) is 18.9 Å². The number of nitrogens with zero attached hydrogens (tertiary/aromatic N) is 2. The Morgan fingerprint density at radius 3 is 2.26 bits per heavy atom. The second-order valence-corrected chi connectivity index (χ2v) is 8.80. The SMILES string of the molecule is CC1CN(c2ccc(C(=O)Nc3ccc(Cl)c(NC(=O)c4ccc(F)cc4)c3)cn2)CC(C)N1. The van der Waals surface area contributed by atoms with Crippen LogP contribution < -0.4 is 20.9 Å². The zero-order chi connectivity index (χ0) is 24.2. The number of benzene rings is 2. The molecule has 0 saturated carbocycles. The van der Waals surface area contributed by atoms with E-state index in [9.17, 15) is 14.0 Å². The van der Waals surface area contributed by atoms with E-state index in [1.807, 2.05) is 6.07 Å². The Morgan fingerprint density at radius 1 is 0.971 bits per heavy atom. The van der Waals surface area contributed by atoms with Gasteiger partial charge in [0.1, 0.15) is 11.6 Å². The summed E-state index contributed by atoms with van der Waals surface area (Å²) in [6.45, 7) is 5.96. The first kappa shape index (κ1) is 23.7. The van der Waals surface area contributed by atoms with Crippen LogP contribution in [0.15, 0.2) is 60.8 Å². The minimum Gasteiger partial charge on any atom is -0.354 e. The molecule has 4 rings (SSSR count). The van der Waals surface area contributed by atoms with Crippen molar-refractivity contribution in [2.45, 2.75) is 25.9 Å². The van der Waals surface area contributed by atoms with Crippen molar-refractivity contribution in [3.8, 4) is 0 Å². The predicted molar refractivity (Wildman–Crippen MR) is 132 cm³/mol. The summed E-state index contributed by atoms with van der Waals surface area (Å²) >= 11 is 6.21. The second kappa shape index (κ2) is 10.2. The van der Waals surface area contributed by atoms with Gasteiger partial charge in [0.25, 0.3) is 11.8 Å². The number of hydrogen-bond donors (Lipinski definition) is 3. The van der Waals surface area contributed by atoms with Gasteiger partial charge in [-0.1, -0.05) is 11.6 Å². The Labute approximate surface area is 202 Å². The molecule has 34 heavy (non-hydrogen) atoms. The van der Waals surface area contributed by atoms with E-state index in [0.29, 0.717) is 34.0 Å². The summed E-state index contributed by atoms with van der Waals surface area (Å²) < 4.78 is 13.1. The molecule has 2 heterocycles. The average molecular weight is 482 g/mol. The highest BCUT2D eigenvalue weighted by molar-refractivity contribution is 6.34. The van der Waals surface area contributed by atoms with Gasteiger partial charge >= 0.3 is 0 Å². The predicted octanol–water partition coefficient (Wildman–Crippen LogP) is 4.57. The van der Waals surface area contributed by atoms with Crippen LogP contribution in [0, 0.1) is 5.82 Å². The minimum atomic E-state index is -0.443. The van der Waals surface area contributed by atoms with Crippen molar-refractivity contribution in [3.05, 3.63) is 82.8 Å². The lowest BCUT2D eigenvalue weighted by Gasteiger charge is -2.36. The number of carbonyl (C=O) groups is 2. The van der Waals surface area contributed by atoms with Crippen molar-refractivity contribution in [2.24, 2.45) is 0 Å². The minimum absolute atomic E-state index is 0.284. The van der Waals surface area contributed by atoms with Gasteiger partial charge in [0, 0.05) is 42.6 Å². The number of piperazine rings is 1. The molecule has 176 valence electrons. The van der Waals surface area contributed by atoms with E-state index in [4.69, 9.17) is 11.6 Å². The molecule has 1 saturated heterocycles. The monoisotopic (exact) mass is 481 g/mol. The fourth-order valence-electron chi connectivity index (χ4n) is 3.92. The number of amides is 2. The van der Waals surface area contributed by atoms with Crippen LogP contribution in [0.5, 0.6) is 0 Å². The van der Waals surface area contributed by atoms with Crippen molar-refractivity contribution >= 4 is 40.6 Å². The summed E-state index contributed by atoms with van der Waals surface area (Å²) in [6, 6.07) is 14.2. The lowest BCUT2D eigenvalue weighted by Crippen LogP contribution is -2.54. The third kappa shape index (κ3) is 5.70. The van der Waals surface area contributed by atoms with Crippen LogP contribution in [0.2, 0.25) is 5.02 Å².